The molecular formula is C12H20N4. The highest BCUT2D eigenvalue weighted by molar-refractivity contribution is 5.30. The van der Waals surface area contributed by atoms with Gasteiger partial charge in [0.15, 0.2) is 0 Å². The van der Waals surface area contributed by atoms with Crippen LogP contribution >= 0.6 is 0 Å². The summed E-state index contributed by atoms with van der Waals surface area (Å²) in [6.45, 7) is 4.80. The molecule has 1 aromatic heterocycles. The van der Waals surface area contributed by atoms with Crippen LogP contribution in [0.4, 0.5) is 5.95 Å². The Morgan fingerprint density at radius 1 is 1.50 bits per heavy atom. The zero-order valence-electron chi connectivity index (χ0n) is 9.89. The first kappa shape index (κ1) is 11.3. The largest absolute Gasteiger partial charge is 0.341 e. The lowest BCUT2D eigenvalue weighted by molar-refractivity contribution is 0.685. The van der Waals surface area contributed by atoms with E-state index < -0.39 is 0 Å². The molecule has 1 aromatic rings. The zero-order chi connectivity index (χ0) is 11.4. The summed E-state index contributed by atoms with van der Waals surface area (Å²) in [4.78, 5) is 11.1. The topological polar surface area (TPSA) is 55.0 Å². The molecule has 0 aromatic carbocycles. The summed E-state index contributed by atoms with van der Waals surface area (Å²) >= 11 is 0. The third kappa shape index (κ3) is 2.92. The van der Waals surface area contributed by atoms with E-state index in [2.05, 4.69) is 21.8 Å². The maximum absolute atomic E-state index is 5.60. The second-order valence-corrected chi connectivity index (χ2v) is 4.44. The molecule has 88 valence electrons. The molecule has 0 atom stereocenters. The zero-order valence-corrected chi connectivity index (χ0v) is 9.89. The van der Waals surface area contributed by atoms with Crippen molar-refractivity contribution < 1.29 is 0 Å². The molecule has 16 heavy (non-hydrogen) atoms. The molecule has 0 aliphatic heterocycles. The average Bonchev–Trinajstić information content (AvgIpc) is 3.12. The maximum atomic E-state index is 5.60. The quantitative estimate of drug-likeness (QED) is 0.790. The van der Waals surface area contributed by atoms with Crippen molar-refractivity contribution >= 4 is 5.95 Å². The Bertz CT molecular complexity index is 336. The highest BCUT2D eigenvalue weighted by Crippen LogP contribution is 2.30. The van der Waals surface area contributed by atoms with Gasteiger partial charge in [0, 0.05) is 25.8 Å². The molecule has 1 aliphatic rings. The van der Waals surface area contributed by atoms with E-state index in [0.29, 0.717) is 6.54 Å². The molecule has 4 heteroatoms. The molecule has 0 unspecified atom stereocenters. The SMILES string of the molecule is CCCN(CC1CC1)c1nccc(CN)n1. The molecule has 2 rings (SSSR count). The highest BCUT2D eigenvalue weighted by atomic mass is 15.2. The smallest absolute Gasteiger partial charge is 0.225 e. The van der Waals surface area contributed by atoms with Crippen molar-refractivity contribution in [3.63, 3.8) is 0 Å². The van der Waals surface area contributed by atoms with Crippen molar-refractivity contribution in [3.05, 3.63) is 18.0 Å². The highest BCUT2D eigenvalue weighted by Gasteiger charge is 2.25. The van der Waals surface area contributed by atoms with Crippen LogP contribution in [0, 0.1) is 5.92 Å². The number of rotatable bonds is 6. The Balaban J connectivity index is 2.08. The fraction of sp³-hybridized carbons (Fsp3) is 0.667. The minimum absolute atomic E-state index is 0.485. The molecule has 0 amide bonds. The second-order valence-electron chi connectivity index (χ2n) is 4.44. The Kier molecular flexibility index (Phi) is 3.72. The van der Waals surface area contributed by atoms with Crippen LogP contribution in [-0.2, 0) is 6.54 Å². The summed E-state index contributed by atoms with van der Waals surface area (Å²) < 4.78 is 0. The fourth-order valence-corrected chi connectivity index (χ4v) is 1.81. The molecular weight excluding hydrogens is 200 g/mol. The van der Waals surface area contributed by atoms with E-state index >= 15 is 0 Å². The molecule has 1 fully saturated rings. The van der Waals surface area contributed by atoms with E-state index in [-0.39, 0.29) is 0 Å². The lowest BCUT2D eigenvalue weighted by Gasteiger charge is -2.22. The summed E-state index contributed by atoms with van der Waals surface area (Å²) in [6, 6.07) is 1.88. The van der Waals surface area contributed by atoms with Gasteiger partial charge in [0.25, 0.3) is 0 Å². The lowest BCUT2D eigenvalue weighted by Crippen LogP contribution is -2.28. The lowest BCUT2D eigenvalue weighted by atomic mass is 10.3. The molecule has 2 N–H and O–H groups in total. The summed E-state index contributed by atoms with van der Waals surface area (Å²) in [5, 5.41) is 0. The van der Waals surface area contributed by atoms with Gasteiger partial charge < -0.3 is 10.6 Å². The Morgan fingerprint density at radius 2 is 2.31 bits per heavy atom. The molecule has 1 aliphatic carbocycles. The van der Waals surface area contributed by atoms with E-state index in [1.54, 1.807) is 6.20 Å². The first-order chi connectivity index (χ1) is 7.83. The van der Waals surface area contributed by atoms with E-state index in [1.165, 1.54) is 12.8 Å². The van der Waals surface area contributed by atoms with Crippen LogP contribution in [0.15, 0.2) is 12.3 Å². The van der Waals surface area contributed by atoms with Gasteiger partial charge in [-0.15, -0.1) is 0 Å². The number of nitrogens with zero attached hydrogens (tertiary/aromatic N) is 3. The van der Waals surface area contributed by atoms with Crippen molar-refractivity contribution in [2.75, 3.05) is 18.0 Å². The normalized spacial score (nSPS) is 15.1. The van der Waals surface area contributed by atoms with Crippen molar-refractivity contribution in [1.82, 2.24) is 9.97 Å². The molecule has 0 bridgehead atoms. The monoisotopic (exact) mass is 220 g/mol. The van der Waals surface area contributed by atoms with Gasteiger partial charge in [0.1, 0.15) is 0 Å². The van der Waals surface area contributed by atoms with E-state index in [9.17, 15) is 0 Å². The number of anilines is 1. The third-order valence-electron chi connectivity index (χ3n) is 2.86. The summed E-state index contributed by atoms with van der Waals surface area (Å²) in [5.41, 5.74) is 6.52. The van der Waals surface area contributed by atoms with Gasteiger partial charge in [-0.1, -0.05) is 6.92 Å². The van der Waals surface area contributed by atoms with Crippen LogP contribution in [0.1, 0.15) is 31.9 Å². The van der Waals surface area contributed by atoms with Crippen LogP contribution in [0.5, 0.6) is 0 Å². The molecule has 0 saturated heterocycles. The maximum Gasteiger partial charge on any atom is 0.225 e. The van der Waals surface area contributed by atoms with Crippen molar-refractivity contribution in [2.24, 2.45) is 11.7 Å². The third-order valence-corrected chi connectivity index (χ3v) is 2.86. The predicted octanol–water partition coefficient (Wildman–Crippen LogP) is 1.56. The van der Waals surface area contributed by atoms with Crippen molar-refractivity contribution in [2.45, 2.75) is 32.7 Å². The molecule has 0 radical (unpaired) electrons. The molecule has 1 heterocycles. The number of aromatic nitrogens is 2. The van der Waals surface area contributed by atoms with Gasteiger partial charge >= 0.3 is 0 Å². The first-order valence-corrected chi connectivity index (χ1v) is 6.10. The minimum atomic E-state index is 0.485. The first-order valence-electron chi connectivity index (χ1n) is 6.10. The van der Waals surface area contributed by atoms with Crippen LogP contribution in [0.25, 0.3) is 0 Å². The van der Waals surface area contributed by atoms with Crippen molar-refractivity contribution in [3.8, 4) is 0 Å². The molecule has 1 saturated carbocycles. The van der Waals surface area contributed by atoms with E-state index in [1.807, 2.05) is 6.07 Å². The summed E-state index contributed by atoms with van der Waals surface area (Å²) in [5.74, 6) is 1.70. The summed E-state index contributed by atoms with van der Waals surface area (Å²) in [6.07, 6.45) is 5.65. The van der Waals surface area contributed by atoms with Gasteiger partial charge in [-0.25, -0.2) is 9.97 Å². The van der Waals surface area contributed by atoms with E-state index in [4.69, 9.17) is 5.73 Å². The molecule has 4 nitrogen and oxygen atoms in total. The van der Waals surface area contributed by atoms with Gasteiger partial charge in [0.05, 0.1) is 5.69 Å². The standard InChI is InChI=1S/C12H20N4/c1-2-7-16(9-10-3-4-10)12-14-6-5-11(8-13)15-12/h5-6,10H,2-4,7-9,13H2,1H3. The number of hydrogen-bond acceptors (Lipinski definition) is 4. The van der Waals surface area contributed by atoms with Gasteiger partial charge in [-0.05, 0) is 31.2 Å². The Hall–Kier alpha value is -1.16. The Labute approximate surface area is 96.9 Å². The predicted molar refractivity (Wildman–Crippen MR) is 65.2 cm³/mol. The van der Waals surface area contributed by atoms with Gasteiger partial charge in [-0.2, -0.15) is 0 Å². The summed E-state index contributed by atoms with van der Waals surface area (Å²) in [7, 11) is 0. The van der Waals surface area contributed by atoms with Gasteiger partial charge in [0.2, 0.25) is 5.95 Å². The van der Waals surface area contributed by atoms with Crippen LogP contribution < -0.4 is 10.6 Å². The number of hydrogen-bond donors (Lipinski definition) is 1. The van der Waals surface area contributed by atoms with Crippen LogP contribution in [0.2, 0.25) is 0 Å². The van der Waals surface area contributed by atoms with E-state index in [0.717, 1.165) is 37.1 Å². The van der Waals surface area contributed by atoms with Crippen LogP contribution in [-0.4, -0.2) is 23.1 Å². The average molecular weight is 220 g/mol. The second kappa shape index (κ2) is 5.25. The number of nitrogens with two attached hydrogens (primary N) is 1. The molecule has 0 spiro atoms. The Morgan fingerprint density at radius 3 is 2.94 bits per heavy atom. The van der Waals surface area contributed by atoms with Crippen molar-refractivity contribution in [1.29, 1.82) is 0 Å². The minimum Gasteiger partial charge on any atom is -0.341 e. The fourth-order valence-electron chi connectivity index (χ4n) is 1.81. The van der Waals surface area contributed by atoms with Crippen LogP contribution in [0.3, 0.4) is 0 Å². The van der Waals surface area contributed by atoms with Gasteiger partial charge in [-0.3, -0.25) is 0 Å².